The topological polar surface area (TPSA) is 51.2 Å². The van der Waals surface area contributed by atoms with Gasteiger partial charge in [-0.2, -0.15) is 13.2 Å². The molecule has 0 spiro atoms. The Bertz CT molecular complexity index is 389. The van der Waals surface area contributed by atoms with Crippen LogP contribution in [-0.2, 0) is 4.74 Å². The zero-order valence-electron chi connectivity index (χ0n) is 8.51. The molecule has 0 aliphatic rings. The molecule has 0 aromatic carbocycles. The van der Waals surface area contributed by atoms with E-state index in [1.165, 1.54) is 14.0 Å². The first kappa shape index (κ1) is 12.8. The number of aromatic nitrogens is 1. The highest BCUT2D eigenvalue weighted by atomic mass is 32.1. The Balaban J connectivity index is 2.74. The molecular weight excluding hydrogens is 245 g/mol. The van der Waals surface area contributed by atoms with Crippen LogP contribution in [0.3, 0.4) is 0 Å². The molecule has 0 bridgehead atoms. The van der Waals surface area contributed by atoms with E-state index in [0.717, 1.165) is 11.3 Å². The van der Waals surface area contributed by atoms with Crippen LogP contribution in [-0.4, -0.2) is 30.8 Å². The lowest BCUT2D eigenvalue weighted by Gasteiger charge is -2.05. The molecule has 0 aliphatic heterocycles. The quantitative estimate of drug-likeness (QED) is 0.840. The molecule has 16 heavy (non-hydrogen) atoms. The maximum Gasteiger partial charge on any atom is 0.405 e. The molecule has 1 aromatic rings. The first-order chi connectivity index (χ1) is 7.33. The zero-order chi connectivity index (χ0) is 12.3. The van der Waals surface area contributed by atoms with Crippen LogP contribution in [0.1, 0.15) is 15.4 Å². The largest absolute Gasteiger partial charge is 0.465 e. The van der Waals surface area contributed by atoms with E-state index in [-0.39, 0.29) is 10.0 Å². The summed E-state index contributed by atoms with van der Waals surface area (Å²) in [4.78, 5) is 15.1. The fraction of sp³-hybridized carbons (Fsp3) is 0.500. The number of methoxy groups -OCH3 is 1. The maximum atomic E-state index is 11.9. The van der Waals surface area contributed by atoms with E-state index in [1.54, 1.807) is 0 Å². The molecule has 0 fully saturated rings. The number of alkyl halides is 3. The molecule has 0 radical (unpaired) electrons. The maximum absolute atomic E-state index is 11.9. The van der Waals surface area contributed by atoms with Crippen LogP contribution >= 0.6 is 11.3 Å². The SMILES string of the molecule is COC(=O)c1sc(NCC(F)(F)F)nc1C. The number of anilines is 1. The smallest absolute Gasteiger partial charge is 0.405 e. The van der Waals surface area contributed by atoms with Crippen molar-refractivity contribution in [2.24, 2.45) is 0 Å². The van der Waals surface area contributed by atoms with Crippen molar-refractivity contribution in [3.63, 3.8) is 0 Å². The van der Waals surface area contributed by atoms with Gasteiger partial charge < -0.3 is 10.1 Å². The number of esters is 1. The van der Waals surface area contributed by atoms with Crippen LogP contribution in [0.2, 0.25) is 0 Å². The summed E-state index contributed by atoms with van der Waals surface area (Å²) in [6, 6.07) is 0. The van der Waals surface area contributed by atoms with Gasteiger partial charge in [0.1, 0.15) is 11.4 Å². The monoisotopic (exact) mass is 254 g/mol. The van der Waals surface area contributed by atoms with Gasteiger partial charge in [-0.3, -0.25) is 0 Å². The molecule has 0 atom stereocenters. The van der Waals surface area contributed by atoms with Gasteiger partial charge in [0.2, 0.25) is 0 Å². The minimum atomic E-state index is -4.31. The number of nitrogens with one attached hydrogen (secondary N) is 1. The molecule has 0 saturated heterocycles. The van der Waals surface area contributed by atoms with Crippen LogP contribution in [0.15, 0.2) is 0 Å². The van der Waals surface area contributed by atoms with E-state index in [1.807, 2.05) is 0 Å². The zero-order valence-corrected chi connectivity index (χ0v) is 9.33. The normalized spacial score (nSPS) is 11.3. The summed E-state index contributed by atoms with van der Waals surface area (Å²) < 4.78 is 40.1. The predicted octanol–water partition coefficient (Wildman–Crippen LogP) is 2.21. The molecular formula is C8H9F3N2O2S. The number of ether oxygens (including phenoxy) is 1. The second-order valence-corrected chi connectivity index (χ2v) is 3.89. The standard InChI is InChI=1S/C8H9F3N2O2S/c1-4-5(6(14)15-2)16-7(13-4)12-3-8(9,10)11/h3H2,1-2H3,(H,12,13). The van der Waals surface area contributed by atoms with Crippen molar-refractivity contribution in [2.45, 2.75) is 13.1 Å². The van der Waals surface area contributed by atoms with E-state index >= 15 is 0 Å². The minimum Gasteiger partial charge on any atom is -0.465 e. The number of aryl methyl sites for hydroxylation is 1. The van der Waals surface area contributed by atoms with Gasteiger partial charge in [0.15, 0.2) is 5.13 Å². The van der Waals surface area contributed by atoms with Crippen molar-refractivity contribution in [3.8, 4) is 0 Å². The first-order valence-electron chi connectivity index (χ1n) is 4.20. The van der Waals surface area contributed by atoms with Gasteiger partial charge in [-0.25, -0.2) is 9.78 Å². The fourth-order valence-electron chi connectivity index (χ4n) is 0.930. The van der Waals surface area contributed by atoms with E-state index in [2.05, 4.69) is 15.0 Å². The molecule has 4 nitrogen and oxygen atoms in total. The fourth-order valence-corrected chi connectivity index (χ4v) is 1.81. The van der Waals surface area contributed by atoms with E-state index in [0.29, 0.717) is 5.69 Å². The van der Waals surface area contributed by atoms with Gasteiger partial charge >= 0.3 is 12.1 Å². The molecule has 1 aromatic heterocycles. The van der Waals surface area contributed by atoms with Crippen LogP contribution in [0.5, 0.6) is 0 Å². The van der Waals surface area contributed by atoms with Gasteiger partial charge in [0.05, 0.1) is 12.8 Å². The lowest BCUT2D eigenvalue weighted by atomic mass is 10.4. The summed E-state index contributed by atoms with van der Waals surface area (Å²) in [7, 11) is 1.20. The van der Waals surface area contributed by atoms with Crippen molar-refractivity contribution in [2.75, 3.05) is 19.0 Å². The number of carbonyl (C=O) groups is 1. The third-order valence-corrected chi connectivity index (χ3v) is 2.70. The predicted molar refractivity (Wildman–Crippen MR) is 52.7 cm³/mol. The van der Waals surface area contributed by atoms with Gasteiger partial charge in [-0.1, -0.05) is 11.3 Å². The average Bonchev–Trinajstić information content (AvgIpc) is 2.55. The molecule has 90 valence electrons. The Labute approximate surface area is 93.4 Å². The molecule has 8 heteroatoms. The second kappa shape index (κ2) is 4.69. The molecule has 0 unspecified atom stereocenters. The Morgan fingerprint density at radius 2 is 2.19 bits per heavy atom. The Morgan fingerprint density at radius 3 is 2.69 bits per heavy atom. The molecule has 1 rings (SSSR count). The lowest BCUT2D eigenvalue weighted by molar-refractivity contribution is -0.115. The summed E-state index contributed by atoms with van der Waals surface area (Å²) in [6.07, 6.45) is -4.31. The molecule has 1 heterocycles. The van der Waals surface area contributed by atoms with Crippen molar-refractivity contribution >= 4 is 22.4 Å². The highest BCUT2D eigenvalue weighted by Crippen LogP contribution is 2.24. The summed E-state index contributed by atoms with van der Waals surface area (Å²) >= 11 is 0.836. The number of hydrogen-bond acceptors (Lipinski definition) is 5. The van der Waals surface area contributed by atoms with Crippen LogP contribution in [0, 0.1) is 6.92 Å². The number of thiazole rings is 1. The third kappa shape index (κ3) is 3.37. The first-order valence-corrected chi connectivity index (χ1v) is 5.01. The number of carbonyl (C=O) groups excluding carboxylic acids is 1. The van der Waals surface area contributed by atoms with Crippen LogP contribution in [0.25, 0.3) is 0 Å². The van der Waals surface area contributed by atoms with Crippen molar-refractivity contribution in [1.82, 2.24) is 4.98 Å². The molecule has 0 aliphatic carbocycles. The third-order valence-electron chi connectivity index (χ3n) is 1.61. The van der Waals surface area contributed by atoms with Crippen molar-refractivity contribution < 1.29 is 22.7 Å². The van der Waals surface area contributed by atoms with Crippen LogP contribution in [0.4, 0.5) is 18.3 Å². The number of hydrogen-bond donors (Lipinski definition) is 1. The summed E-state index contributed by atoms with van der Waals surface area (Å²) in [5, 5.41) is 2.15. The van der Waals surface area contributed by atoms with Gasteiger partial charge in [-0.05, 0) is 6.92 Å². The van der Waals surface area contributed by atoms with Crippen molar-refractivity contribution in [3.05, 3.63) is 10.6 Å². The Kier molecular flexibility index (Phi) is 3.74. The second-order valence-electron chi connectivity index (χ2n) is 2.89. The summed E-state index contributed by atoms with van der Waals surface area (Å²) in [6.45, 7) is 0.349. The molecule has 1 N–H and O–H groups in total. The minimum absolute atomic E-state index is 0.0511. The van der Waals surface area contributed by atoms with Gasteiger partial charge in [-0.15, -0.1) is 0 Å². The number of rotatable bonds is 3. The van der Waals surface area contributed by atoms with Gasteiger partial charge in [0.25, 0.3) is 0 Å². The molecule has 0 saturated carbocycles. The highest BCUT2D eigenvalue weighted by molar-refractivity contribution is 7.17. The summed E-state index contributed by atoms with van der Waals surface area (Å²) in [5.74, 6) is -0.602. The number of nitrogens with zero attached hydrogens (tertiary/aromatic N) is 1. The number of halogens is 3. The summed E-state index contributed by atoms with van der Waals surface area (Å²) in [5.41, 5.74) is 0.349. The lowest BCUT2D eigenvalue weighted by Crippen LogP contribution is -2.21. The highest BCUT2D eigenvalue weighted by Gasteiger charge is 2.27. The average molecular weight is 254 g/mol. The van der Waals surface area contributed by atoms with E-state index in [9.17, 15) is 18.0 Å². The Hall–Kier alpha value is -1.31. The van der Waals surface area contributed by atoms with Crippen LogP contribution < -0.4 is 5.32 Å². The van der Waals surface area contributed by atoms with E-state index in [4.69, 9.17) is 0 Å². The van der Waals surface area contributed by atoms with Crippen molar-refractivity contribution in [1.29, 1.82) is 0 Å². The van der Waals surface area contributed by atoms with E-state index < -0.39 is 18.7 Å². The molecule has 0 amide bonds. The Morgan fingerprint density at radius 1 is 1.56 bits per heavy atom. The van der Waals surface area contributed by atoms with Gasteiger partial charge in [0, 0.05) is 0 Å².